The Bertz CT molecular complexity index is 564. The van der Waals surface area contributed by atoms with Gasteiger partial charge in [-0.1, -0.05) is 31.5 Å². The molecule has 21 heavy (non-hydrogen) atoms. The predicted octanol–water partition coefficient (Wildman–Crippen LogP) is 3.41. The van der Waals surface area contributed by atoms with Crippen LogP contribution >= 0.6 is 0 Å². The topological polar surface area (TPSA) is 59.6 Å². The molecule has 0 heterocycles. The summed E-state index contributed by atoms with van der Waals surface area (Å²) in [4.78, 5) is 4.49. The fourth-order valence-corrected chi connectivity index (χ4v) is 1.86. The van der Waals surface area contributed by atoms with E-state index in [9.17, 15) is 0 Å². The van der Waals surface area contributed by atoms with Gasteiger partial charge in [-0.2, -0.15) is 0 Å². The molecule has 0 unspecified atom stereocenters. The number of aliphatic imine (C=N–C) groups is 1. The monoisotopic (exact) mass is 283 g/mol. The van der Waals surface area contributed by atoms with Gasteiger partial charge in [0.2, 0.25) is 0 Å². The highest BCUT2D eigenvalue weighted by atomic mass is 16.5. The molecule has 0 aliphatic carbocycles. The Balaban J connectivity index is 2.10. The number of hydrogen-bond acceptors (Lipinski definition) is 3. The summed E-state index contributed by atoms with van der Waals surface area (Å²) in [5.41, 5.74) is 4.42. The predicted molar refractivity (Wildman–Crippen MR) is 86.8 cm³/mol. The average Bonchev–Trinajstić information content (AvgIpc) is 2.55. The highest BCUT2D eigenvalue weighted by Crippen LogP contribution is 2.15. The molecular formula is C17H21N3O. The molecule has 0 spiro atoms. The molecule has 0 saturated heterocycles. The molecule has 2 aromatic rings. The molecule has 110 valence electrons. The minimum absolute atomic E-state index is 0.626. The van der Waals surface area contributed by atoms with E-state index >= 15 is 0 Å². The first kappa shape index (κ1) is 15.1. The molecule has 4 heteroatoms. The Labute approximate surface area is 125 Å². The molecule has 2 aromatic carbocycles. The molecule has 0 saturated carbocycles. The van der Waals surface area contributed by atoms with Gasteiger partial charge in [-0.25, -0.2) is 10.8 Å². The molecule has 0 aliphatic rings. The van der Waals surface area contributed by atoms with Crippen molar-refractivity contribution >= 4 is 11.5 Å². The molecule has 0 aromatic heterocycles. The van der Waals surface area contributed by atoms with Crippen molar-refractivity contribution in [3.8, 4) is 5.75 Å². The van der Waals surface area contributed by atoms with E-state index in [0.717, 1.165) is 36.4 Å². The van der Waals surface area contributed by atoms with Crippen LogP contribution in [0.1, 0.15) is 25.3 Å². The molecule has 0 bridgehead atoms. The fourth-order valence-electron chi connectivity index (χ4n) is 1.86. The van der Waals surface area contributed by atoms with Crippen LogP contribution in [0, 0.1) is 0 Å². The molecule has 3 N–H and O–H groups in total. The Morgan fingerprint density at radius 2 is 1.81 bits per heavy atom. The second-order valence-corrected chi connectivity index (χ2v) is 4.67. The van der Waals surface area contributed by atoms with Crippen LogP contribution < -0.4 is 16.0 Å². The summed E-state index contributed by atoms with van der Waals surface area (Å²) in [6.45, 7) is 2.89. The SMILES string of the molecule is CCCCOc1ccc(C(=Nc2ccccc2)NN)cc1. The normalized spacial score (nSPS) is 11.2. The van der Waals surface area contributed by atoms with E-state index < -0.39 is 0 Å². The molecule has 0 aliphatic heterocycles. The van der Waals surface area contributed by atoms with Gasteiger partial charge in [0.05, 0.1) is 12.3 Å². The number of amidine groups is 1. The fraction of sp³-hybridized carbons (Fsp3) is 0.235. The quantitative estimate of drug-likeness (QED) is 0.281. The van der Waals surface area contributed by atoms with E-state index in [1.54, 1.807) is 0 Å². The number of rotatable bonds is 6. The zero-order valence-corrected chi connectivity index (χ0v) is 12.3. The van der Waals surface area contributed by atoms with Crippen molar-refractivity contribution in [3.05, 3.63) is 60.2 Å². The lowest BCUT2D eigenvalue weighted by atomic mass is 10.2. The highest BCUT2D eigenvalue weighted by molar-refractivity contribution is 6.00. The first-order chi connectivity index (χ1) is 10.3. The Morgan fingerprint density at radius 3 is 2.43 bits per heavy atom. The summed E-state index contributed by atoms with van der Waals surface area (Å²) in [7, 11) is 0. The van der Waals surface area contributed by atoms with E-state index in [0.29, 0.717) is 5.84 Å². The van der Waals surface area contributed by atoms with Gasteiger partial charge in [-0.15, -0.1) is 0 Å². The minimum Gasteiger partial charge on any atom is -0.494 e. The second kappa shape index (κ2) is 8.07. The molecule has 4 nitrogen and oxygen atoms in total. The van der Waals surface area contributed by atoms with E-state index in [2.05, 4.69) is 17.3 Å². The zero-order valence-electron chi connectivity index (χ0n) is 12.3. The van der Waals surface area contributed by atoms with E-state index in [1.165, 1.54) is 0 Å². The Hall–Kier alpha value is -2.33. The van der Waals surface area contributed by atoms with Crippen LogP contribution in [0.3, 0.4) is 0 Å². The van der Waals surface area contributed by atoms with Crippen LogP contribution in [-0.4, -0.2) is 12.4 Å². The molecular weight excluding hydrogens is 262 g/mol. The van der Waals surface area contributed by atoms with Crippen LogP contribution in [0.2, 0.25) is 0 Å². The smallest absolute Gasteiger partial charge is 0.147 e. The van der Waals surface area contributed by atoms with E-state index in [4.69, 9.17) is 10.6 Å². The lowest BCUT2D eigenvalue weighted by Gasteiger charge is -2.08. The van der Waals surface area contributed by atoms with Gasteiger partial charge in [0.15, 0.2) is 0 Å². The van der Waals surface area contributed by atoms with Crippen molar-refractivity contribution < 1.29 is 4.74 Å². The second-order valence-electron chi connectivity index (χ2n) is 4.67. The maximum atomic E-state index is 5.64. The van der Waals surface area contributed by atoms with Crippen molar-refractivity contribution in [1.29, 1.82) is 0 Å². The number of unbranched alkanes of at least 4 members (excludes halogenated alkanes) is 1. The number of nitrogens with zero attached hydrogens (tertiary/aromatic N) is 1. The van der Waals surface area contributed by atoms with Gasteiger partial charge >= 0.3 is 0 Å². The van der Waals surface area contributed by atoms with Crippen LogP contribution in [0.15, 0.2) is 59.6 Å². The molecule has 0 fully saturated rings. The van der Waals surface area contributed by atoms with Crippen LogP contribution in [-0.2, 0) is 0 Å². The molecule has 0 atom stereocenters. The number of benzene rings is 2. The summed E-state index contributed by atoms with van der Waals surface area (Å²) in [6, 6.07) is 17.5. The number of hydrazine groups is 1. The number of nitrogens with one attached hydrogen (secondary N) is 1. The van der Waals surface area contributed by atoms with Crippen molar-refractivity contribution in [1.82, 2.24) is 5.43 Å². The van der Waals surface area contributed by atoms with E-state index in [1.807, 2.05) is 54.6 Å². The number of hydrogen-bond donors (Lipinski definition) is 2. The lowest BCUT2D eigenvalue weighted by Crippen LogP contribution is -2.30. The summed E-state index contributed by atoms with van der Waals surface area (Å²) in [6.07, 6.45) is 2.19. The van der Waals surface area contributed by atoms with Gasteiger partial charge in [0, 0.05) is 5.56 Å². The van der Waals surface area contributed by atoms with Crippen LogP contribution in [0.25, 0.3) is 0 Å². The summed E-state index contributed by atoms with van der Waals surface area (Å²) in [5.74, 6) is 7.07. The van der Waals surface area contributed by atoms with Gasteiger partial charge in [-0.3, -0.25) is 0 Å². The van der Waals surface area contributed by atoms with Crippen molar-refractivity contribution in [2.45, 2.75) is 19.8 Å². The number of nitrogens with two attached hydrogens (primary N) is 1. The Kier molecular flexibility index (Phi) is 5.79. The minimum atomic E-state index is 0.626. The first-order valence-electron chi connectivity index (χ1n) is 7.17. The van der Waals surface area contributed by atoms with Crippen LogP contribution in [0.4, 0.5) is 5.69 Å². The zero-order chi connectivity index (χ0) is 14.9. The van der Waals surface area contributed by atoms with Crippen LogP contribution in [0.5, 0.6) is 5.75 Å². The van der Waals surface area contributed by atoms with Gasteiger partial charge in [0.25, 0.3) is 0 Å². The van der Waals surface area contributed by atoms with Gasteiger partial charge < -0.3 is 10.2 Å². The lowest BCUT2D eigenvalue weighted by molar-refractivity contribution is 0.309. The molecule has 2 rings (SSSR count). The molecule has 0 amide bonds. The third kappa shape index (κ3) is 4.61. The van der Waals surface area contributed by atoms with Gasteiger partial charge in [0.1, 0.15) is 11.6 Å². The van der Waals surface area contributed by atoms with Gasteiger partial charge in [-0.05, 0) is 42.8 Å². The van der Waals surface area contributed by atoms with E-state index in [-0.39, 0.29) is 0 Å². The number of para-hydroxylation sites is 1. The average molecular weight is 283 g/mol. The third-order valence-corrected chi connectivity index (χ3v) is 3.03. The maximum absolute atomic E-state index is 5.64. The van der Waals surface area contributed by atoms with Crippen molar-refractivity contribution in [2.75, 3.05) is 6.61 Å². The first-order valence-corrected chi connectivity index (χ1v) is 7.17. The standard InChI is InChI=1S/C17H21N3O/c1-2-3-13-21-16-11-9-14(10-12-16)17(20-18)19-15-7-5-4-6-8-15/h4-12H,2-3,13,18H2,1H3,(H,19,20). The number of ether oxygens (including phenoxy) is 1. The Morgan fingerprint density at radius 1 is 1.10 bits per heavy atom. The maximum Gasteiger partial charge on any atom is 0.147 e. The highest BCUT2D eigenvalue weighted by Gasteiger charge is 2.03. The molecule has 0 radical (unpaired) electrons. The third-order valence-electron chi connectivity index (χ3n) is 3.03. The summed E-state index contributed by atoms with van der Waals surface area (Å²) in [5, 5.41) is 0. The van der Waals surface area contributed by atoms with Crippen molar-refractivity contribution in [3.63, 3.8) is 0 Å². The van der Waals surface area contributed by atoms with Crippen molar-refractivity contribution in [2.24, 2.45) is 10.8 Å². The summed E-state index contributed by atoms with van der Waals surface area (Å²) < 4.78 is 5.64. The summed E-state index contributed by atoms with van der Waals surface area (Å²) >= 11 is 0. The largest absolute Gasteiger partial charge is 0.494 e.